The summed E-state index contributed by atoms with van der Waals surface area (Å²) in [4.78, 5) is 26.0. The van der Waals surface area contributed by atoms with E-state index in [1.165, 1.54) is 18.3 Å². The molecule has 6 heteroatoms. The normalized spacial score (nSPS) is 14.2. The Morgan fingerprint density at radius 1 is 1.44 bits per heavy atom. The van der Waals surface area contributed by atoms with Crippen LogP contribution in [0.5, 0.6) is 0 Å². The fourth-order valence-electron chi connectivity index (χ4n) is 1.23. The molecule has 0 aliphatic heterocycles. The minimum absolute atomic E-state index is 0.0200. The topological polar surface area (TPSA) is 91.3 Å². The number of hydrogen-bond donors (Lipinski definition) is 3. The fraction of sp³-hybridized carbons (Fsp3) is 0.300. The molecule has 0 aromatic carbocycles. The first-order valence-electron chi connectivity index (χ1n) is 4.92. The van der Waals surface area contributed by atoms with Crippen LogP contribution in [-0.4, -0.2) is 28.1 Å². The van der Waals surface area contributed by atoms with Crippen molar-refractivity contribution in [1.29, 1.82) is 0 Å². The van der Waals surface area contributed by atoms with E-state index in [1.54, 1.807) is 0 Å². The van der Waals surface area contributed by atoms with Crippen LogP contribution < -0.4 is 10.6 Å². The Bertz CT molecular complexity index is 429. The molecule has 1 aliphatic carbocycles. The number of hydrogen-bond acceptors (Lipinski definition) is 3. The molecule has 2 amide bonds. The predicted molar refractivity (Wildman–Crippen MR) is 56.4 cm³/mol. The van der Waals surface area contributed by atoms with Gasteiger partial charge >= 0.3 is 12.0 Å². The van der Waals surface area contributed by atoms with Gasteiger partial charge in [-0.25, -0.2) is 14.6 Å². The second kappa shape index (κ2) is 4.18. The lowest BCUT2D eigenvalue weighted by molar-refractivity contribution is 0.0697. The molecule has 6 nitrogen and oxygen atoms in total. The fourth-order valence-corrected chi connectivity index (χ4v) is 1.23. The molecule has 0 radical (unpaired) electrons. The maximum atomic E-state index is 11.4. The van der Waals surface area contributed by atoms with Gasteiger partial charge in [-0.05, 0) is 25.0 Å². The lowest BCUT2D eigenvalue weighted by atomic mass is 10.2. The number of aromatic carboxylic acids is 1. The van der Waals surface area contributed by atoms with Crippen molar-refractivity contribution in [2.24, 2.45) is 0 Å². The number of amides is 2. The second-order valence-corrected chi connectivity index (χ2v) is 3.58. The van der Waals surface area contributed by atoms with Gasteiger partial charge in [0, 0.05) is 12.2 Å². The Morgan fingerprint density at radius 3 is 2.81 bits per heavy atom. The molecule has 0 spiro atoms. The summed E-state index contributed by atoms with van der Waals surface area (Å²) in [6.45, 7) is 0. The maximum Gasteiger partial charge on any atom is 0.339 e. The Hall–Kier alpha value is -2.11. The zero-order valence-corrected chi connectivity index (χ0v) is 8.43. The molecule has 84 valence electrons. The van der Waals surface area contributed by atoms with Crippen molar-refractivity contribution < 1.29 is 14.7 Å². The molecule has 1 fully saturated rings. The monoisotopic (exact) mass is 221 g/mol. The largest absolute Gasteiger partial charge is 0.478 e. The van der Waals surface area contributed by atoms with Crippen LogP contribution in [0.25, 0.3) is 0 Å². The Kier molecular flexibility index (Phi) is 2.72. The van der Waals surface area contributed by atoms with E-state index >= 15 is 0 Å². The van der Waals surface area contributed by atoms with Crippen molar-refractivity contribution in [3.63, 3.8) is 0 Å². The molecule has 0 saturated heterocycles. The van der Waals surface area contributed by atoms with Gasteiger partial charge in [-0.1, -0.05) is 0 Å². The number of anilines is 1. The first kappa shape index (κ1) is 10.4. The van der Waals surface area contributed by atoms with Crippen molar-refractivity contribution in [2.75, 3.05) is 5.32 Å². The highest BCUT2D eigenvalue weighted by molar-refractivity contribution is 5.98. The summed E-state index contributed by atoms with van der Waals surface area (Å²) in [5.74, 6) is -1.05. The summed E-state index contributed by atoms with van der Waals surface area (Å²) in [6.07, 6.45) is 3.38. The first-order valence-corrected chi connectivity index (χ1v) is 4.92. The van der Waals surface area contributed by atoms with E-state index in [0.29, 0.717) is 0 Å². The van der Waals surface area contributed by atoms with Crippen LogP contribution in [0, 0.1) is 0 Å². The molecular formula is C10H11N3O3. The molecule has 16 heavy (non-hydrogen) atoms. The molecule has 1 aliphatic rings. The van der Waals surface area contributed by atoms with E-state index in [1.807, 2.05) is 0 Å². The summed E-state index contributed by atoms with van der Waals surface area (Å²) in [7, 11) is 0. The predicted octanol–water partition coefficient (Wildman–Crippen LogP) is 1.06. The van der Waals surface area contributed by atoms with Gasteiger partial charge in [-0.2, -0.15) is 0 Å². The van der Waals surface area contributed by atoms with Gasteiger partial charge in [0.2, 0.25) is 0 Å². The SMILES string of the molecule is O=C(Nc1ncccc1C(=O)O)NC1CC1. The quantitative estimate of drug-likeness (QED) is 0.711. The third-order valence-corrected chi connectivity index (χ3v) is 2.18. The number of pyridine rings is 1. The minimum atomic E-state index is -1.12. The van der Waals surface area contributed by atoms with Gasteiger partial charge in [0.05, 0.1) is 0 Å². The van der Waals surface area contributed by atoms with Crippen molar-refractivity contribution in [3.8, 4) is 0 Å². The van der Waals surface area contributed by atoms with Crippen LogP contribution in [0.2, 0.25) is 0 Å². The number of carbonyl (C=O) groups excluding carboxylic acids is 1. The minimum Gasteiger partial charge on any atom is -0.478 e. The van der Waals surface area contributed by atoms with Crippen LogP contribution in [0.4, 0.5) is 10.6 Å². The summed E-state index contributed by atoms with van der Waals surface area (Å²) < 4.78 is 0. The average molecular weight is 221 g/mol. The molecule has 3 N–H and O–H groups in total. The first-order chi connectivity index (χ1) is 7.66. The number of carboxylic acid groups (broad SMARTS) is 1. The smallest absolute Gasteiger partial charge is 0.339 e. The third-order valence-electron chi connectivity index (χ3n) is 2.18. The molecule has 1 aromatic heterocycles. The van der Waals surface area contributed by atoms with E-state index in [0.717, 1.165) is 12.8 Å². The van der Waals surface area contributed by atoms with Crippen molar-refractivity contribution in [2.45, 2.75) is 18.9 Å². The molecule has 2 rings (SSSR count). The van der Waals surface area contributed by atoms with Crippen LogP contribution in [-0.2, 0) is 0 Å². The number of rotatable bonds is 3. The average Bonchev–Trinajstić information content (AvgIpc) is 3.02. The van der Waals surface area contributed by atoms with Crippen molar-refractivity contribution >= 4 is 17.8 Å². The standard InChI is InChI=1S/C10H11N3O3/c14-9(15)7-2-1-5-11-8(7)13-10(16)12-6-3-4-6/h1-2,5-6H,3-4H2,(H,14,15)(H2,11,12,13,16). The van der Waals surface area contributed by atoms with Gasteiger partial charge in [0.1, 0.15) is 11.4 Å². The van der Waals surface area contributed by atoms with Crippen molar-refractivity contribution in [3.05, 3.63) is 23.9 Å². The van der Waals surface area contributed by atoms with Crippen LogP contribution in [0.3, 0.4) is 0 Å². The van der Waals surface area contributed by atoms with E-state index in [9.17, 15) is 9.59 Å². The zero-order valence-electron chi connectivity index (χ0n) is 8.43. The lowest BCUT2D eigenvalue weighted by Crippen LogP contribution is -2.31. The Labute approximate surface area is 91.7 Å². The Balaban J connectivity index is 2.07. The highest BCUT2D eigenvalue weighted by Crippen LogP contribution is 2.19. The molecular weight excluding hydrogens is 210 g/mol. The summed E-state index contributed by atoms with van der Waals surface area (Å²) in [5.41, 5.74) is -0.0200. The van der Waals surface area contributed by atoms with E-state index in [-0.39, 0.29) is 17.4 Å². The third kappa shape index (κ3) is 2.47. The molecule has 0 atom stereocenters. The lowest BCUT2D eigenvalue weighted by Gasteiger charge is -2.07. The number of carbonyl (C=O) groups is 2. The highest BCUT2D eigenvalue weighted by atomic mass is 16.4. The number of aromatic nitrogens is 1. The van der Waals surface area contributed by atoms with E-state index < -0.39 is 12.0 Å². The Morgan fingerprint density at radius 2 is 2.19 bits per heavy atom. The van der Waals surface area contributed by atoms with E-state index in [4.69, 9.17) is 5.11 Å². The van der Waals surface area contributed by atoms with Crippen molar-refractivity contribution in [1.82, 2.24) is 10.3 Å². The zero-order chi connectivity index (χ0) is 11.5. The molecule has 0 unspecified atom stereocenters. The van der Waals surface area contributed by atoms with E-state index in [2.05, 4.69) is 15.6 Å². The summed E-state index contributed by atoms with van der Waals surface area (Å²) in [6, 6.07) is 2.70. The summed E-state index contributed by atoms with van der Waals surface area (Å²) in [5, 5.41) is 14.0. The second-order valence-electron chi connectivity index (χ2n) is 3.58. The van der Waals surface area contributed by atoms with Gasteiger partial charge in [0.15, 0.2) is 0 Å². The van der Waals surface area contributed by atoms with Crippen LogP contribution >= 0.6 is 0 Å². The van der Waals surface area contributed by atoms with Gasteiger partial charge in [0.25, 0.3) is 0 Å². The summed E-state index contributed by atoms with van der Waals surface area (Å²) >= 11 is 0. The van der Waals surface area contributed by atoms with Crippen LogP contribution in [0.1, 0.15) is 23.2 Å². The van der Waals surface area contributed by atoms with Gasteiger partial charge in [-0.15, -0.1) is 0 Å². The molecule has 1 heterocycles. The number of nitrogens with one attached hydrogen (secondary N) is 2. The molecule has 0 bridgehead atoms. The number of carboxylic acids is 1. The van der Waals surface area contributed by atoms with Gasteiger partial charge < -0.3 is 10.4 Å². The molecule has 1 aromatic rings. The van der Waals surface area contributed by atoms with Crippen LogP contribution in [0.15, 0.2) is 18.3 Å². The van der Waals surface area contributed by atoms with Gasteiger partial charge in [-0.3, -0.25) is 5.32 Å². The molecule has 1 saturated carbocycles. The highest BCUT2D eigenvalue weighted by Gasteiger charge is 2.24. The number of nitrogens with zero attached hydrogens (tertiary/aromatic N) is 1. The number of urea groups is 1. The maximum absolute atomic E-state index is 11.4.